The molecule has 1 amide bonds. The minimum Gasteiger partial charge on any atom is -0.352 e. The monoisotopic (exact) mass is 360 g/mol. The predicted molar refractivity (Wildman–Crippen MR) is 103 cm³/mol. The van der Waals surface area contributed by atoms with Crippen molar-refractivity contribution in [3.63, 3.8) is 0 Å². The van der Waals surface area contributed by atoms with Gasteiger partial charge in [-0.25, -0.2) is 0 Å². The van der Waals surface area contributed by atoms with Crippen molar-refractivity contribution >= 4 is 17.7 Å². The topological polar surface area (TPSA) is 59.8 Å². The Balaban J connectivity index is 1.89. The quantitative estimate of drug-likeness (QED) is 0.577. The number of hydrogen-bond donors (Lipinski definition) is 1. The van der Waals surface area contributed by atoms with Gasteiger partial charge >= 0.3 is 0 Å². The standard InChI is InChI=1S/C19H28N4OS/c1-13(2)12-23-17(21-22-19(23)25-5)7-6-10-20-18(24)16-9-8-14(3)11-15(16)4/h8-9,11,13H,6-7,10,12H2,1-5H3,(H,20,24). The van der Waals surface area contributed by atoms with Crippen molar-refractivity contribution in [1.82, 2.24) is 20.1 Å². The average molecular weight is 361 g/mol. The van der Waals surface area contributed by atoms with E-state index >= 15 is 0 Å². The van der Waals surface area contributed by atoms with Crippen molar-refractivity contribution in [3.05, 3.63) is 40.7 Å². The molecular formula is C19H28N4OS. The molecule has 0 unspecified atom stereocenters. The molecule has 0 spiro atoms. The Morgan fingerprint density at radius 2 is 2.04 bits per heavy atom. The zero-order chi connectivity index (χ0) is 18.4. The Morgan fingerprint density at radius 3 is 2.68 bits per heavy atom. The van der Waals surface area contributed by atoms with Crippen molar-refractivity contribution in [2.75, 3.05) is 12.8 Å². The molecule has 1 N–H and O–H groups in total. The van der Waals surface area contributed by atoms with Gasteiger partial charge in [0.15, 0.2) is 5.16 Å². The van der Waals surface area contributed by atoms with Crippen LogP contribution in [0.3, 0.4) is 0 Å². The minimum absolute atomic E-state index is 0.00838. The number of carbonyl (C=O) groups is 1. The van der Waals surface area contributed by atoms with Crippen LogP contribution < -0.4 is 5.32 Å². The zero-order valence-electron chi connectivity index (χ0n) is 15.8. The highest BCUT2D eigenvalue weighted by Gasteiger charge is 2.13. The second-order valence-corrected chi connectivity index (χ2v) is 7.56. The first-order chi connectivity index (χ1) is 11.9. The van der Waals surface area contributed by atoms with Crippen molar-refractivity contribution in [2.45, 2.75) is 52.2 Å². The first-order valence-electron chi connectivity index (χ1n) is 8.74. The smallest absolute Gasteiger partial charge is 0.251 e. The van der Waals surface area contributed by atoms with Crippen LogP contribution >= 0.6 is 11.8 Å². The van der Waals surface area contributed by atoms with Crippen LogP contribution in [0.5, 0.6) is 0 Å². The summed E-state index contributed by atoms with van der Waals surface area (Å²) in [5, 5.41) is 12.5. The summed E-state index contributed by atoms with van der Waals surface area (Å²) in [6.45, 7) is 9.95. The fourth-order valence-electron chi connectivity index (χ4n) is 2.82. The maximum atomic E-state index is 12.3. The third-order valence-corrected chi connectivity index (χ3v) is 4.68. The van der Waals surface area contributed by atoms with E-state index in [1.165, 1.54) is 5.56 Å². The molecule has 136 valence electrons. The summed E-state index contributed by atoms with van der Waals surface area (Å²) >= 11 is 1.62. The third kappa shape index (κ3) is 5.33. The van der Waals surface area contributed by atoms with Gasteiger partial charge in [0.1, 0.15) is 5.82 Å². The normalized spacial score (nSPS) is 11.1. The first kappa shape index (κ1) is 19.5. The highest BCUT2D eigenvalue weighted by molar-refractivity contribution is 7.98. The molecule has 0 aliphatic heterocycles. The molecule has 0 radical (unpaired) electrons. The summed E-state index contributed by atoms with van der Waals surface area (Å²) in [6.07, 6.45) is 3.68. The number of thioether (sulfide) groups is 1. The van der Waals surface area contributed by atoms with Gasteiger partial charge in [-0.2, -0.15) is 0 Å². The van der Waals surface area contributed by atoms with Gasteiger partial charge < -0.3 is 9.88 Å². The Labute approximate surface area is 154 Å². The van der Waals surface area contributed by atoms with Gasteiger partial charge in [0.05, 0.1) is 0 Å². The minimum atomic E-state index is -0.00838. The van der Waals surface area contributed by atoms with Crippen molar-refractivity contribution in [2.24, 2.45) is 5.92 Å². The first-order valence-corrected chi connectivity index (χ1v) is 9.96. The molecule has 0 aliphatic carbocycles. The third-order valence-electron chi connectivity index (χ3n) is 4.01. The summed E-state index contributed by atoms with van der Waals surface area (Å²) < 4.78 is 2.20. The molecule has 2 rings (SSSR count). The average Bonchev–Trinajstić information content (AvgIpc) is 2.92. The second kappa shape index (κ2) is 9.04. The van der Waals surface area contributed by atoms with Crippen LogP contribution in [-0.2, 0) is 13.0 Å². The van der Waals surface area contributed by atoms with Crippen LogP contribution in [0.2, 0.25) is 0 Å². The molecule has 25 heavy (non-hydrogen) atoms. The van der Waals surface area contributed by atoms with E-state index in [4.69, 9.17) is 0 Å². The molecule has 5 nitrogen and oxygen atoms in total. The molecule has 0 aliphatic rings. The zero-order valence-corrected chi connectivity index (χ0v) is 16.6. The van der Waals surface area contributed by atoms with E-state index in [1.54, 1.807) is 11.8 Å². The van der Waals surface area contributed by atoms with Crippen LogP contribution in [0, 0.1) is 19.8 Å². The SMILES string of the molecule is CSc1nnc(CCCNC(=O)c2ccc(C)cc2C)n1CC(C)C. The van der Waals surface area contributed by atoms with Crippen LogP contribution in [0.1, 0.15) is 47.6 Å². The van der Waals surface area contributed by atoms with E-state index in [2.05, 4.69) is 33.9 Å². The molecule has 1 heterocycles. The lowest BCUT2D eigenvalue weighted by molar-refractivity contribution is 0.0952. The number of rotatable bonds is 8. The highest BCUT2D eigenvalue weighted by atomic mass is 32.2. The molecule has 1 aromatic carbocycles. The Bertz CT molecular complexity index is 724. The fourth-order valence-corrected chi connectivity index (χ4v) is 3.34. The van der Waals surface area contributed by atoms with Gasteiger partial charge in [0.25, 0.3) is 5.91 Å². The van der Waals surface area contributed by atoms with Crippen molar-refractivity contribution < 1.29 is 4.79 Å². The number of nitrogens with one attached hydrogen (secondary N) is 1. The van der Waals surface area contributed by atoms with Gasteiger partial charge in [-0.1, -0.05) is 43.3 Å². The van der Waals surface area contributed by atoms with E-state index in [1.807, 2.05) is 38.3 Å². The molecular weight excluding hydrogens is 332 g/mol. The van der Waals surface area contributed by atoms with Gasteiger partial charge in [-0.3, -0.25) is 4.79 Å². The molecule has 0 bridgehead atoms. The van der Waals surface area contributed by atoms with Gasteiger partial charge in [-0.15, -0.1) is 10.2 Å². The van der Waals surface area contributed by atoms with Crippen LogP contribution in [0.15, 0.2) is 23.4 Å². The molecule has 0 fully saturated rings. The molecule has 0 atom stereocenters. The largest absolute Gasteiger partial charge is 0.352 e. The van der Waals surface area contributed by atoms with Gasteiger partial charge in [0, 0.05) is 25.1 Å². The molecule has 0 saturated carbocycles. The maximum Gasteiger partial charge on any atom is 0.251 e. The van der Waals surface area contributed by atoms with Crippen LogP contribution in [-0.4, -0.2) is 33.5 Å². The number of carbonyl (C=O) groups excluding carboxylic acids is 1. The number of aromatic nitrogens is 3. The van der Waals surface area contributed by atoms with Crippen LogP contribution in [0.25, 0.3) is 0 Å². The van der Waals surface area contributed by atoms with E-state index in [-0.39, 0.29) is 5.91 Å². The van der Waals surface area contributed by atoms with Gasteiger partial charge in [0.2, 0.25) is 0 Å². The highest BCUT2D eigenvalue weighted by Crippen LogP contribution is 2.16. The van der Waals surface area contributed by atoms with E-state index < -0.39 is 0 Å². The number of amides is 1. The summed E-state index contributed by atoms with van der Waals surface area (Å²) in [4.78, 5) is 12.3. The Morgan fingerprint density at radius 1 is 1.28 bits per heavy atom. The van der Waals surface area contributed by atoms with Crippen molar-refractivity contribution in [3.8, 4) is 0 Å². The van der Waals surface area contributed by atoms with Crippen LogP contribution in [0.4, 0.5) is 0 Å². The summed E-state index contributed by atoms with van der Waals surface area (Å²) in [5.74, 6) is 1.54. The summed E-state index contributed by atoms with van der Waals surface area (Å²) in [7, 11) is 0. The summed E-state index contributed by atoms with van der Waals surface area (Å²) in [5.41, 5.74) is 2.93. The molecule has 0 saturated heterocycles. The molecule has 1 aromatic heterocycles. The fraction of sp³-hybridized carbons (Fsp3) is 0.526. The van der Waals surface area contributed by atoms with Crippen molar-refractivity contribution in [1.29, 1.82) is 0 Å². The van der Waals surface area contributed by atoms with E-state index in [0.29, 0.717) is 12.5 Å². The lowest BCUT2D eigenvalue weighted by Gasteiger charge is -2.12. The predicted octanol–water partition coefficient (Wildman–Crippen LogP) is 3.64. The number of aryl methyl sites for hydroxylation is 3. The Kier molecular flexibility index (Phi) is 7.05. The molecule has 2 aromatic rings. The van der Waals surface area contributed by atoms with E-state index in [9.17, 15) is 4.79 Å². The molecule has 6 heteroatoms. The van der Waals surface area contributed by atoms with Gasteiger partial charge in [-0.05, 0) is 44.1 Å². The summed E-state index contributed by atoms with van der Waals surface area (Å²) in [6, 6.07) is 5.90. The second-order valence-electron chi connectivity index (χ2n) is 6.79. The van der Waals surface area contributed by atoms with E-state index in [0.717, 1.165) is 41.5 Å². The number of hydrogen-bond acceptors (Lipinski definition) is 4. The maximum absolute atomic E-state index is 12.3. The number of nitrogens with zero attached hydrogens (tertiary/aromatic N) is 3. The lowest BCUT2D eigenvalue weighted by Crippen LogP contribution is -2.25. The number of benzene rings is 1. The Hall–Kier alpha value is -1.82. The lowest BCUT2D eigenvalue weighted by atomic mass is 10.1.